The number of piperazine rings is 1. The van der Waals surface area contributed by atoms with Crippen LogP contribution in [0.3, 0.4) is 0 Å². The van der Waals surface area contributed by atoms with Crippen LogP contribution in [0, 0.1) is 0 Å². The van der Waals surface area contributed by atoms with E-state index in [0.717, 1.165) is 0 Å². The van der Waals surface area contributed by atoms with Crippen LogP contribution in [-0.4, -0.2) is 54.7 Å². The topological polar surface area (TPSA) is 81.7 Å². The molecule has 3 N–H and O–H groups in total. The highest BCUT2D eigenvalue weighted by atomic mass is 16.4. The number of carboxylic acid groups (broad SMARTS) is 1. The second-order valence-electron chi connectivity index (χ2n) is 2.85. The molecule has 1 atom stereocenters. The van der Waals surface area contributed by atoms with Gasteiger partial charge in [-0.05, 0) is 0 Å². The molecule has 13 heavy (non-hydrogen) atoms. The van der Waals surface area contributed by atoms with Gasteiger partial charge in [-0.1, -0.05) is 0 Å². The van der Waals surface area contributed by atoms with E-state index in [2.05, 4.69) is 10.6 Å². The Hall–Kier alpha value is -1.30. The summed E-state index contributed by atoms with van der Waals surface area (Å²) < 4.78 is 0. The smallest absolute Gasteiger partial charge is 0.407 e. The van der Waals surface area contributed by atoms with Crippen LogP contribution in [0.2, 0.25) is 0 Å². The van der Waals surface area contributed by atoms with Crippen molar-refractivity contribution in [3.05, 3.63) is 0 Å². The molecule has 1 aliphatic rings. The van der Waals surface area contributed by atoms with Crippen LogP contribution in [0.25, 0.3) is 0 Å². The first kappa shape index (κ1) is 9.79. The third-order valence-electron chi connectivity index (χ3n) is 2.01. The maximum absolute atomic E-state index is 11.1. The fourth-order valence-corrected chi connectivity index (χ4v) is 1.27. The van der Waals surface area contributed by atoms with Gasteiger partial charge in [-0.3, -0.25) is 4.79 Å². The van der Waals surface area contributed by atoms with Gasteiger partial charge in [-0.15, -0.1) is 0 Å². The van der Waals surface area contributed by atoms with Crippen LogP contribution >= 0.6 is 0 Å². The predicted molar refractivity (Wildman–Crippen MR) is 45.5 cm³/mol. The molecule has 0 radical (unpaired) electrons. The molecule has 1 unspecified atom stereocenters. The Bertz CT molecular complexity index is 219. The molecule has 1 rings (SSSR count). The highest BCUT2D eigenvalue weighted by Crippen LogP contribution is 1.99. The lowest BCUT2D eigenvalue weighted by molar-refractivity contribution is -0.123. The lowest BCUT2D eigenvalue weighted by Crippen LogP contribution is -2.57. The Morgan fingerprint density at radius 1 is 1.62 bits per heavy atom. The average Bonchev–Trinajstić information content (AvgIpc) is 2.17. The summed E-state index contributed by atoms with van der Waals surface area (Å²) in [5, 5.41) is 14.1. The molecule has 0 aromatic heterocycles. The Morgan fingerprint density at radius 2 is 2.31 bits per heavy atom. The molecule has 0 aliphatic carbocycles. The third kappa shape index (κ3) is 2.32. The number of amides is 2. The van der Waals surface area contributed by atoms with E-state index in [9.17, 15) is 9.59 Å². The number of hydrogen-bond donors (Lipinski definition) is 3. The number of rotatable bonds is 1. The minimum atomic E-state index is -0.976. The Labute approximate surface area is 75.9 Å². The zero-order valence-corrected chi connectivity index (χ0v) is 7.41. The van der Waals surface area contributed by atoms with E-state index in [0.29, 0.717) is 13.1 Å². The number of nitrogens with zero attached hydrogens (tertiary/aromatic N) is 1. The van der Waals surface area contributed by atoms with Gasteiger partial charge in [0.2, 0.25) is 5.91 Å². The van der Waals surface area contributed by atoms with Crippen molar-refractivity contribution in [1.29, 1.82) is 0 Å². The average molecular weight is 187 g/mol. The first-order chi connectivity index (χ1) is 6.15. The Morgan fingerprint density at radius 3 is 2.85 bits per heavy atom. The van der Waals surface area contributed by atoms with E-state index in [1.807, 2.05) is 0 Å². The quantitative estimate of drug-likeness (QED) is 0.476. The second-order valence-corrected chi connectivity index (χ2v) is 2.85. The van der Waals surface area contributed by atoms with E-state index < -0.39 is 12.1 Å². The number of carbonyl (C=O) groups is 2. The van der Waals surface area contributed by atoms with Crippen molar-refractivity contribution in [1.82, 2.24) is 15.5 Å². The van der Waals surface area contributed by atoms with Crippen LogP contribution in [0.15, 0.2) is 0 Å². The molecule has 2 amide bonds. The molecule has 0 spiro atoms. The van der Waals surface area contributed by atoms with Crippen molar-refractivity contribution >= 4 is 12.0 Å². The number of hydrogen-bond acceptors (Lipinski definition) is 3. The van der Waals surface area contributed by atoms with Gasteiger partial charge in [0.05, 0.1) is 0 Å². The molecule has 6 nitrogen and oxygen atoms in total. The highest BCUT2D eigenvalue weighted by Gasteiger charge is 2.26. The number of likely N-dealkylation sites (N-methyl/N-ethyl adjacent to an activating group) is 1. The zero-order chi connectivity index (χ0) is 9.84. The monoisotopic (exact) mass is 187 g/mol. The van der Waals surface area contributed by atoms with E-state index >= 15 is 0 Å². The summed E-state index contributed by atoms with van der Waals surface area (Å²) >= 11 is 0. The van der Waals surface area contributed by atoms with Gasteiger partial charge in [0.25, 0.3) is 0 Å². The summed E-state index contributed by atoms with van der Waals surface area (Å²) in [6.45, 7) is 1.17. The number of nitrogens with one attached hydrogen (secondary N) is 2. The van der Waals surface area contributed by atoms with Crippen LogP contribution < -0.4 is 10.6 Å². The second kappa shape index (κ2) is 4.08. The minimum Gasteiger partial charge on any atom is -0.465 e. The van der Waals surface area contributed by atoms with Gasteiger partial charge in [0.15, 0.2) is 0 Å². The van der Waals surface area contributed by atoms with E-state index in [-0.39, 0.29) is 12.5 Å². The summed E-state index contributed by atoms with van der Waals surface area (Å²) in [6.07, 6.45) is -0.976. The van der Waals surface area contributed by atoms with E-state index in [4.69, 9.17) is 5.11 Å². The molecule has 0 aromatic carbocycles. The molecular weight excluding hydrogens is 174 g/mol. The molecule has 1 aliphatic heterocycles. The summed E-state index contributed by atoms with van der Waals surface area (Å²) in [7, 11) is 1.53. The molecule has 1 saturated heterocycles. The molecular formula is C7H13N3O3. The van der Waals surface area contributed by atoms with Gasteiger partial charge >= 0.3 is 6.09 Å². The van der Waals surface area contributed by atoms with Crippen molar-refractivity contribution in [2.75, 3.05) is 26.7 Å². The highest BCUT2D eigenvalue weighted by molar-refractivity contribution is 5.82. The molecule has 0 saturated carbocycles. The summed E-state index contributed by atoms with van der Waals surface area (Å²) in [6, 6.07) is -0.421. The van der Waals surface area contributed by atoms with Crippen LogP contribution in [0.4, 0.5) is 4.79 Å². The predicted octanol–water partition coefficient (Wildman–Crippen LogP) is -1.32. The van der Waals surface area contributed by atoms with E-state index in [1.165, 1.54) is 11.9 Å². The van der Waals surface area contributed by atoms with Crippen LogP contribution in [-0.2, 0) is 4.79 Å². The van der Waals surface area contributed by atoms with Crippen molar-refractivity contribution in [3.8, 4) is 0 Å². The number of carbonyl (C=O) groups excluding carboxylic acids is 1. The molecule has 0 bridgehead atoms. The van der Waals surface area contributed by atoms with E-state index in [1.54, 1.807) is 0 Å². The standard InChI is InChI=1S/C7H13N3O3/c1-8-6(11)5-4-10(7(12)13)3-2-9-5/h5,9H,2-4H2,1H3,(H,8,11)(H,12,13). The molecule has 1 fully saturated rings. The van der Waals surface area contributed by atoms with Crippen molar-refractivity contribution in [2.45, 2.75) is 6.04 Å². The summed E-state index contributed by atoms with van der Waals surface area (Å²) in [5.41, 5.74) is 0. The fraction of sp³-hybridized carbons (Fsp3) is 0.714. The van der Waals surface area contributed by atoms with Gasteiger partial charge < -0.3 is 20.6 Å². The molecule has 0 aromatic rings. The fourth-order valence-electron chi connectivity index (χ4n) is 1.27. The molecule has 74 valence electrons. The lowest BCUT2D eigenvalue weighted by Gasteiger charge is -2.30. The van der Waals surface area contributed by atoms with Crippen molar-refractivity contribution in [3.63, 3.8) is 0 Å². The summed E-state index contributed by atoms with van der Waals surface area (Å²) in [4.78, 5) is 23.0. The van der Waals surface area contributed by atoms with Gasteiger partial charge in [0.1, 0.15) is 6.04 Å². The Kier molecular flexibility index (Phi) is 3.07. The Balaban J connectivity index is 2.51. The minimum absolute atomic E-state index is 0.175. The SMILES string of the molecule is CNC(=O)C1CN(C(=O)O)CCN1. The zero-order valence-electron chi connectivity index (χ0n) is 7.41. The van der Waals surface area contributed by atoms with Crippen molar-refractivity contribution in [2.24, 2.45) is 0 Å². The molecule has 1 heterocycles. The maximum atomic E-state index is 11.1. The van der Waals surface area contributed by atoms with Crippen molar-refractivity contribution < 1.29 is 14.7 Å². The van der Waals surface area contributed by atoms with Gasteiger partial charge in [0, 0.05) is 26.7 Å². The normalized spacial score (nSPS) is 22.5. The third-order valence-corrected chi connectivity index (χ3v) is 2.01. The lowest BCUT2D eigenvalue weighted by atomic mass is 10.2. The van der Waals surface area contributed by atoms with Gasteiger partial charge in [-0.25, -0.2) is 4.79 Å². The first-order valence-electron chi connectivity index (χ1n) is 4.08. The van der Waals surface area contributed by atoms with Crippen LogP contribution in [0.1, 0.15) is 0 Å². The van der Waals surface area contributed by atoms with Gasteiger partial charge in [-0.2, -0.15) is 0 Å². The van der Waals surface area contributed by atoms with Crippen LogP contribution in [0.5, 0.6) is 0 Å². The maximum Gasteiger partial charge on any atom is 0.407 e. The molecule has 6 heteroatoms. The first-order valence-corrected chi connectivity index (χ1v) is 4.08. The summed E-state index contributed by atoms with van der Waals surface area (Å²) in [5.74, 6) is -0.175. The largest absolute Gasteiger partial charge is 0.465 e.